The van der Waals surface area contributed by atoms with E-state index in [0.717, 1.165) is 0 Å². The molecule has 9 nitrogen and oxygen atoms in total. The van der Waals surface area contributed by atoms with E-state index >= 15 is 0 Å². The topological polar surface area (TPSA) is 120 Å². The van der Waals surface area contributed by atoms with Gasteiger partial charge in [0.25, 0.3) is 0 Å². The maximum absolute atomic E-state index is 12.1. The average Bonchev–Trinajstić information content (AvgIpc) is 2.60. The zero-order chi connectivity index (χ0) is 19.7. The van der Waals surface area contributed by atoms with Gasteiger partial charge in [0, 0.05) is 12.1 Å². The number of hydrogen-bond acceptors (Lipinski definition) is 8. The molecular formula is C15H20ClN5O4S. The van der Waals surface area contributed by atoms with Crippen LogP contribution in [0.3, 0.4) is 0 Å². The SMILES string of the molecule is CCOC(=O)/C(=N\Nc1cc(OC)c(Cl)cc1OC)C(C)=NNC(N)=S. The smallest absolute Gasteiger partial charge is 0.360 e. The van der Waals surface area contributed by atoms with Crippen molar-refractivity contribution < 1.29 is 19.0 Å². The van der Waals surface area contributed by atoms with E-state index in [2.05, 4.69) is 33.3 Å². The second-order valence-corrected chi connectivity index (χ2v) is 5.50. The Kier molecular flexibility index (Phi) is 8.59. The van der Waals surface area contributed by atoms with E-state index in [1.54, 1.807) is 26.0 Å². The summed E-state index contributed by atoms with van der Waals surface area (Å²) in [4.78, 5) is 12.1. The van der Waals surface area contributed by atoms with Crippen LogP contribution < -0.4 is 26.1 Å². The number of carbonyl (C=O) groups is 1. The number of esters is 1. The predicted octanol–water partition coefficient (Wildman–Crippen LogP) is 1.90. The first kappa shape index (κ1) is 21.5. The van der Waals surface area contributed by atoms with Gasteiger partial charge < -0.3 is 19.9 Å². The summed E-state index contributed by atoms with van der Waals surface area (Å²) in [7, 11) is 2.95. The third-order valence-corrected chi connectivity index (χ3v) is 3.29. The van der Waals surface area contributed by atoms with Gasteiger partial charge in [0.1, 0.15) is 17.2 Å². The molecule has 4 N–H and O–H groups in total. The van der Waals surface area contributed by atoms with Gasteiger partial charge in [0.05, 0.1) is 31.6 Å². The summed E-state index contributed by atoms with van der Waals surface area (Å²) in [5.74, 6) is 0.132. The normalized spacial score (nSPS) is 11.6. The average molecular weight is 402 g/mol. The van der Waals surface area contributed by atoms with E-state index in [4.69, 9.17) is 31.5 Å². The third kappa shape index (κ3) is 6.05. The van der Waals surface area contributed by atoms with E-state index in [-0.39, 0.29) is 23.1 Å². The largest absolute Gasteiger partial charge is 0.495 e. The van der Waals surface area contributed by atoms with Gasteiger partial charge in [-0.15, -0.1) is 0 Å². The fraction of sp³-hybridized carbons (Fsp3) is 0.333. The molecule has 1 rings (SSSR count). The van der Waals surface area contributed by atoms with E-state index < -0.39 is 5.97 Å². The van der Waals surface area contributed by atoms with E-state index in [1.807, 2.05) is 0 Å². The fourth-order valence-electron chi connectivity index (χ4n) is 1.73. The first-order chi connectivity index (χ1) is 12.3. The molecule has 0 heterocycles. The molecule has 142 valence electrons. The molecule has 1 aromatic carbocycles. The number of nitrogens with two attached hydrogens (primary N) is 1. The number of hydrogen-bond donors (Lipinski definition) is 3. The van der Waals surface area contributed by atoms with Crippen LogP contribution in [-0.4, -0.2) is 43.3 Å². The third-order valence-electron chi connectivity index (χ3n) is 2.91. The quantitative estimate of drug-likeness (QED) is 0.261. The summed E-state index contributed by atoms with van der Waals surface area (Å²) < 4.78 is 15.4. The van der Waals surface area contributed by atoms with Crippen LogP contribution in [0, 0.1) is 0 Å². The number of methoxy groups -OCH3 is 2. The fourth-order valence-corrected chi connectivity index (χ4v) is 2.01. The molecule has 0 fully saturated rings. The van der Waals surface area contributed by atoms with Crippen molar-refractivity contribution in [3.63, 3.8) is 0 Å². The van der Waals surface area contributed by atoms with Gasteiger partial charge in [-0.05, 0) is 26.1 Å². The minimum absolute atomic E-state index is 0.0513. The zero-order valence-corrected chi connectivity index (χ0v) is 16.3. The van der Waals surface area contributed by atoms with Gasteiger partial charge in [-0.1, -0.05) is 11.6 Å². The van der Waals surface area contributed by atoms with Gasteiger partial charge in [0.15, 0.2) is 10.8 Å². The number of ether oxygens (including phenoxy) is 3. The second kappa shape index (κ2) is 10.4. The lowest BCUT2D eigenvalue weighted by molar-refractivity contribution is -0.134. The van der Waals surface area contributed by atoms with Crippen LogP contribution >= 0.6 is 23.8 Å². The summed E-state index contributed by atoms with van der Waals surface area (Å²) in [6.45, 7) is 3.39. The Balaban J connectivity index is 3.23. The van der Waals surface area contributed by atoms with Crippen molar-refractivity contribution in [3.05, 3.63) is 17.2 Å². The highest BCUT2D eigenvalue weighted by molar-refractivity contribution is 7.80. The number of carbonyl (C=O) groups excluding carboxylic acids is 1. The molecule has 11 heteroatoms. The molecule has 0 bridgehead atoms. The molecule has 1 aromatic rings. The molecule has 0 atom stereocenters. The van der Waals surface area contributed by atoms with Crippen LogP contribution in [0.25, 0.3) is 0 Å². The summed E-state index contributed by atoms with van der Waals surface area (Å²) in [6.07, 6.45) is 0. The zero-order valence-electron chi connectivity index (χ0n) is 14.8. The van der Waals surface area contributed by atoms with Crippen molar-refractivity contribution in [1.29, 1.82) is 0 Å². The molecule has 0 saturated carbocycles. The molecule has 0 amide bonds. The number of benzene rings is 1. The molecule has 0 aliphatic heterocycles. The van der Waals surface area contributed by atoms with Crippen molar-refractivity contribution in [3.8, 4) is 11.5 Å². The summed E-state index contributed by atoms with van der Waals surface area (Å²) in [5, 5.41) is 8.26. The van der Waals surface area contributed by atoms with Crippen molar-refractivity contribution in [2.45, 2.75) is 13.8 Å². The van der Waals surface area contributed by atoms with Gasteiger partial charge in [-0.3, -0.25) is 10.9 Å². The van der Waals surface area contributed by atoms with Crippen molar-refractivity contribution in [1.82, 2.24) is 5.43 Å². The molecule has 0 aromatic heterocycles. The van der Waals surface area contributed by atoms with E-state index in [1.165, 1.54) is 14.2 Å². The Morgan fingerprint density at radius 3 is 2.46 bits per heavy atom. The number of halogens is 1. The maximum atomic E-state index is 12.1. The molecule has 0 unspecified atom stereocenters. The summed E-state index contributed by atoms with van der Waals surface area (Å²) in [5.41, 5.74) is 11.0. The van der Waals surface area contributed by atoms with Crippen LogP contribution in [-0.2, 0) is 9.53 Å². The predicted molar refractivity (Wildman–Crippen MR) is 105 cm³/mol. The Morgan fingerprint density at radius 2 is 1.92 bits per heavy atom. The summed E-state index contributed by atoms with van der Waals surface area (Å²) in [6, 6.07) is 3.13. The lowest BCUT2D eigenvalue weighted by Gasteiger charge is -2.12. The lowest BCUT2D eigenvalue weighted by Crippen LogP contribution is -2.30. The summed E-state index contributed by atoms with van der Waals surface area (Å²) >= 11 is 10.7. The van der Waals surface area contributed by atoms with E-state index in [9.17, 15) is 4.79 Å². The molecule has 26 heavy (non-hydrogen) atoms. The van der Waals surface area contributed by atoms with Crippen LogP contribution in [0.5, 0.6) is 11.5 Å². The number of thiocarbonyl (C=S) groups is 1. The Labute approximate surface area is 161 Å². The number of nitrogens with one attached hydrogen (secondary N) is 2. The minimum Gasteiger partial charge on any atom is -0.495 e. The molecular weight excluding hydrogens is 382 g/mol. The Hall–Kier alpha value is -2.59. The van der Waals surface area contributed by atoms with Crippen molar-refractivity contribution in [2.75, 3.05) is 26.3 Å². The molecule has 0 radical (unpaired) electrons. The number of hydrazone groups is 2. The van der Waals surface area contributed by atoms with Crippen molar-refractivity contribution in [2.24, 2.45) is 15.9 Å². The van der Waals surface area contributed by atoms with Crippen LogP contribution in [0.2, 0.25) is 5.02 Å². The minimum atomic E-state index is -0.675. The number of anilines is 1. The van der Waals surface area contributed by atoms with Gasteiger partial charge in [-0.2, -0.15) is 10.2 Å². The maximum Gasteiger partial charge on any atom is 0.360 e. The van der Waals surface area contributed by atoms with Crippen LogP contribution in [0.1, 0.15) is 13.8 Å². The Bertz CT molecular complexity index is 739. The molecule has 0 aliphatic carbocycles. The first-order valence-corrected chi connectivity index (χ1v) is 8.15. The second-order valence-electron chi connectivity index (χ2n) is 4.65. The monoisotopic (exact) mass is 401 g/mol. The highest BCUT2D eigenvalue weighted by Crippen LogP contribution is 2.35. The Morgan fingerprint density at radius 1 is 1.27 bits per heavy atom. The molecule has 0 aliphatic rings. The van der Waals surface area contributed by atoms with Crippen LogP contribution in [0.4, 0.5) is 5.69 Å². The van der Waals surface area contributed by atoms with Gasteiger partial charge in [-0.25, -0.2) is 4.79 Å². The standard InChI is InChI=1S/C15H20ClN5O4S/c1-5-25-14(22)13(8(2)18-21-15(17)26)20-19-10-7-11(23-3)9(16)6-12(10)24-4/h6-7,19H,5H2,1-4H3,(H3,17,21,26)/b18-8?,20-13-. The van der Waals surface area contributed by atoms with Crippen molar-refractivity contribution >= 4 is 52.0 Å². The number of rotatable bonds is 8. The van der Waals surface area contributed by atoms with Gasteiger partial charge in [0.2, 0.25) is 0 Å². The molecule has 0 spiro atoms. The highest BCUT2D eigenvalue weighted by Gasteiger charge is 2.18. The highest BCUT2D eigenvalue weighted by atomic mass is 35.5. The van der Waals surface area contributed by atoms with E-state index in [0.29, 0.717) is 22.2 Å². The first-order valence-electron chi connectivity index (χ1n) is 7.36. The van der Waals surface area contributed by atoms with Crippen LogP contribution in [0.15, 0.2) is 22.3 Å². The number of nitrogens with zero attached hydrogens (tertiary/aromatic N) is 2. The van der Waals surface area contributed by atoms with Gasteiger partial charge >= 0.3 is 5.97 Å². The molecule has 0 saturated heterocycles. The lowest BCUT2D eigenvalue weighted by atomic mass is 10.2.